The second kappa shape index (κ2) is 6.64. The molecule has 0 unspecified atom stereocenters. The van der Waals surface area contributed by atoms with Crippen LogP contribution in [0.3, 0.4) is 0 Å². The van der Waals surface area contributed by atoms with Gasteiger partial charge in [-0.05, 0) is 18.2 Å². The molecule has 0 aliphatic carbocycles. The molecule has 2 aliphatic heterocycles. The van der Waals surface area contributed by atoms with Crippen LogP contribution in [0.5, 0.6) is 5.75 Å². The summed E-state index contributed by atoms with van der Waals surface area (Å²) in [5.74, 6) is 0.882. The van der Waals surface area contributed by atoms with E-state index in [2.05, 4.69) is 25.9 Å². The van der Waals surface area contributed by atoms with E-state index in [4.69, 9.17) is 10.5 Å². The Morgan fingerprint density at radius 1 is 1.31 bits per heavy atom. The van der Waals surface area contributed by atoms with Crippen LogP contribution in [0, 0.1) is 0 Å². The summed E-state index contributed by atoms with van der Waals surface area (Å²) >= 11 is 3.45. The van der Waals surface area contributed by atoms with Crippen molar-refractivity contribution in [2.24, 2.45) is 0 Å². The molecule has 3 heterocycles. The van der Waals surface area contributed by atoms with Gasteiger partial charge in [0.2, 0.25) is 5.91 Å². The number of carbonyl (C=O) groups excluding carboxylic acids is 1. The van der Waals surface area contributed by atoms with Gasteiger partial charge in [-0.25, -0.2) is 4.79 Å². The maximum Gasteiger partial charge on any atom is 0.346 e. The zero-order chi connectivity index (χ0) is 18.3. The van der Waals surface area contributed by atoms with E-state index in [1.54, 1.807) is 0 Å². The summed E-state index contributed by atoms with van der Waals surface area (Å²) in [5.41, 5.74) is 7.03. The fourth-order valence-corrected chi connectivity index (χ4v) is 3.81. The van der Waals surface area contributed by atoms with Crippen LogP contribution in [0.15, 0.2) is 33.7 Å². The third-order valence-electron chi connectivity index (χ3n) is 4.80. The number of fused-ring (bicyclic) bond motifs is 1. The van der Waals surface area contributed by atoms with Crippen molar-refractivity contribution >= 4 is 33.3 Å². The number of aromatic nitrogens is 2. The van der Waals surface area contributed by atoms with E-state index in [0.29, 0.717) is 44.3 Å². The zero-order valence-corrected chi connectivity index (χ0v) is 15.5. The first-order chi connectivity index (χ1) is 12.5. The predicted octanol–water partition coefficient (Wildman–Crippen LogP) is 0.939. The van der Waals surface area contributed by atoms with Crippen molar-refractivity contribution in [2.45, 2.75) is 5.92 Å². The molecule has 2 aromatic rings. The van der Waals surface area contributed by atoms with Gasteiger partial charge in [0.25, 0.3) is 0 Å². The van der Waals surface area contributed by atoms with Crippen LogP contribution in [0.25, 0.3) is 0 Å². The molecule has 0 spiro atoms. The quantitative estimate of drug-likeness (QED) is 0.750. The van der Waals surface area contributed by atoms with Crippen LogP contribution in [0.1, 0.15) is 11.5 Å². The van der Waals surface area contributed by atoms with Gasteiger partial charge in [-0.2, -0.15) is 4.98 Å². The van der Waals surface area contributed by atoms with E-state index in [9.17, 15) is 9.59 Å². The molecule has 1 atom stereocenters. The van der Waals surface area contributed by atoms with Crippen molar-refractivity contribution in [1.29, 1.82) is 0 Å². The number of carbonyl (C=O) groups is 1. The first kappa shape index (κ1) is 16.9. The smallest absolute Gasteiger partial charge is 0.346 e. The number of ether oxygens (including phenoxy) is 1. The molecule has 26 heavy (non-hydrogen) atoms. The van der Waals surface area contributed by atoms with Crippen molar-refractivity contribution in [3.63, 3.8) is 0 Å². The predicted molar refractivity (Wildman–Crippen MR) is 100 cm³/mol. The summed E-state index contributed by atoms with van der Waals surface area (Å²) in [5, 5.41) is 0. The van der Waals surface area contributed by atoms with Gasteiger partial charge in [0, 0.05) is 36.2 Å². The number of amides is 1. The molecule has 1 saturated heterocycles. The number of nitrogen functional groups attached to an aromatic ring is 1. The molecule has 1 aromatic heterocycles. The fourth-order valence-electron chi connectivity index (χ4n) is 3.43. The van der Waals surface area contributed by atoms with Crippen LogP contribution < -0.4 is 21.1 Å². The van der Waals surface area contributed by atoms with E-state index < -0.39 is 5.69 Å². The number of anilines is 2. The van der Waals surface area contributed by atoms with Crippen LogP contribution >= 0.6 is 15.9 Å². The first-order valence-corrected chi connectivity index (χ1v) is 9.13. The van der Waals surface area contributed by atoms with Crippen LogP contribution in [-0.2, 0) is 4.79 Å². The third kappa shape index (κ3) is 3.03. The molecule has 4 rings (SSSR count). The summed E-state index contributed by atoms with van der Waals surface area (Å²) in [6.45, 7) is 2.79. The zero-order valence-electron chi connectivity index (χ0n) is 13.9. The van der Waals surface area contributed by atoms with Crippen molar-refractivity contribution in [3.8, 4) is 5.75 Å². The molecule has 3 N–H and O–H groups in total. The van der Waals surface area contributed by atoms with E-state index in [0.717, 1.165) is 15.8 Å². The van der Waals surface area contributed by atoms with Crippen LogP contribution in [0.4, 0.5) is 11.5 Å². The number of nitrogens with one attached hydrogen (secondary N) is 1. The van der Waals surface area contributed by atoms with E-state index in [1.165, 1.54) is 6.20 Å². The average Bonchev–Trinajstić information content (AvgIpc) is 3.04. The lowest BCUT2D eigenvalue weighted by Crippen LogP contribution is -2.50. The Balaban J connectivity index is 1.45. The number of aromatic amines is 1. The molecule has 9 heteroatoms. The minimum Gasteiger partial charge on any atom is -0.492 e. The minimum absolute atomic E-state index is 0.0778. The maximum absolute atomic E-state index is 13.0. The number of rotatable bonds is 2. The average molecular weight is 420 g/mol. The Bertz CT molecular complexity index is 908. The summed E-state index contributed by atoms with van der Waals surface area (Å²) in [4.78, 5) is 34.3. The number of nitrogens with two attached hydrogens (primary N) is 1. The molecule has 1 fully saturated rings. The minimum atomic E-state index is -0.467. The monoisotopic (exact) mass is 419 g/mol. The number of hydrogen-bond donors (Lipinski definition) is 2. The van der Waals surface area contributed by atoms with Gasteiger partial charge in [-0.3, -0.25) is 9.78 Å². The van der Waals surface area contributed by atoms with E-state index in [1.807, 2.05) is 28.0 Å². The molecule has 0 saturated carbocycles. The number of benzene rings is 1. The summed E-state index contributed by atoms with van der Waals surface area (Å²) in [6.07, 6.45) is 1.48. The van der Waals surface area contributed by atoms with E-state index >= 15 is 0 Å². The molecule has 1 aromatic carbocycles. The van der Waals surface area contributed by atoms with Gasteiger partial charge >= 0.3 is 5.69 Å². The SMILES string of the molecule is Nc1[nH]c(=O)ncc1N1CCN(C(=O)[C@@H]2COc3ccc(Br)cc32)CC1. The Kier molecular flexibility index (Phi) is 4.31. The van der Waals surface area contributed by atoms with E-state index in [-0.39, 0.29) is 11.8 Å². The van der Waals surface area contributed by atoms with Crippen molar-refractivity contribution in [3.05, 3.63) is 44.9 Å². The molecular formula is C17H18BrN5O3. The van der Waals surface area contributed by atoms with Crippen molar-refractivity contribution in [1.82, 2.24) is 14.9 Å². The van der Waals surface area contributed by atoms with Gasteiger partial charge in [0.15, 0.2) is 0 Å². The summed E-state index contributed by atoms with van der Waals surface area (Å²) < 4.78 is 6.59. The number of hydrogen-bond acceptors (Lipinski definition) is 6. The lowest BCUT2D eigenvalue weighted by Gasteiger charge is -2.37. The van der Waals surface area contributed by atoms with Crippen molar-refractivity contribution < 1.29 is 9.53 Å². The molecule has 1 amide bonds. The molecule has 136 valence electrons. The number of nitrogens with zero attached hydrogens (tertiary/aromatic N) is 3. The van der Waals surface area contributed by atoms with Crippen LogP contribution in [-0.4, -0.2) is 53.6 Å². The molecule has 8 nitrogen and oxygen atoms in total. The summed E-state index contributed by atoms with van der Waals surface area (Å²) in [6, 6.07) is 5.75. The summed E-state index contributed by atoms with van der Waals surface area (Å²) in [7, 11) is 0. The largest absolute Gasteiger partial charge is 0.492 e. The third-order valence-corrected chi connectivity index (χ3v) is 5.30. The maximum atomic E-state index is 13.0. The van der Waals surface area contributed by atoms with Gasteiger partial charge in [-0.1, -0.05) is 15.9 Å². The molecule has 0 bridgehead atoms. The number of piperazine rings is 1. The van der Waals surface area contributed by atoms with Gasteiger partial charge < -0.3 is 20.3 Å². The van der Waals surface area contributed by atoms with Crippen LogP contribution in [0.2, 0.25) is 0 Å². The lowest BCUT2D eigenvalue weighted by atomic mass is 9.99. The Morgan fingerprint density at radius 3 is 2.81 bits per heavy atom. The topological polar surface area (TPSA) is 105 Å². The Morgan fingerprint density at radius 2 is 2.08 bits per heavy atom. The highest BCUT2D eigenvalue weighted by molar-refractivity contribution is 9.10. The van der Waals surface area contributed by atoms with Crippen molar-refractivity contribution in [2.75, 3.05) is 43.4 Å². The number of H-pyrrole nitrogens is 1. The first-order valence-electron chi connectivity index (χ1n) is 8.33. The van der Waals surface area contributed by atoms with Gasteiger partial charge in [-0.15, -0.1) is 0 Å². The highest BCUT2D eigenvalue weighted by Crippen LogP contribution is 2.37. The highest BCUT2D eigenvalue weighted by atomic mass is 79.9. The fraction of sp³-hybridized carbons (Fsp3) is 0.353. The highest BCUT2D eigenvalue weighted by Gasteiger charge is 2.35. The molecule has 2 aliphatic rings. The van der Waals surface area contributed by atoms with Gasteiger partial charge in [0.1, 0.15) is 24.1 Å². The molecule has 0 radical (unpaired) electrons. The second-order valence-electron chi connectivity index (χ2n) is 6.35. The lowest BCUT2D eigenvalue weighted by molar-refractivity contribution is -0.133. The van der Waals surface area contributed by atoms with Gasteiger partial charge in [0.05, 0.1) is 11.9 Å². The molecular weight excluding hydrogens is 402 g/mol. The normalized spacial score (nSPS) is 19.2. The Hall–Kier alpha value is -2.55. The number of halogens is 1. The standard InChI is InChI=1S/C17H18BrN5O3/c18-10-1-2-14-11(7-10)12(9-26-14)16(24)23-5-3-22(4-6-23)13-8-20-17(25)21-15(13)19/h1-2,7-8,12H,3-6,9H2,(H3,19,20,21,25)/t12-/m1/s1. The Labute approximate surface area is 158 Å². The second-order valence-corrected chi connectivity index (χ2v) is 7.26.